The van der Waals surface area contributed by atoms with Crippen molar-refractivity contribution in [3.63, 3.8) is 0 Å². The van der Waals surface area contributed by atoms with Crippen LogP contribution >= 0.6 is 0 Å². The molecule has 1 aliphatic heterocycles. The molecule has 2 N–H and O–H groups in total. The van der Waals surface area contributed by atoms with Crippen molar-refractivity contribution in [1.29, 1.82) is 0 Å². The van der Waals surface area contributed by atoms with Crippen LogP contribution < -0.4 is 15.5 Å². The Morgan fingerprint density at radius 3 is 2.37 bits per heavy atom. The molecule has 30 heavy (non-hydrogen) atoms. The van der Waals surface area contributed by atoms with Crippen molar-refractivity contribution in [1.82, 2.24) is 20.2 Å². The molecule has 10 heteroatoms. The van der Waals surface area contributed by atoms with Crippen molar-refractivity contribution in [2.24, 2.45) is 0 Å². The average Bonchev–Trinajstić information content (AvgIpc) is 2.78. The summed E-state index contributed by atoms with van der Waals surface area (Å²) in [4.78, 5) is 48.4. The Morgan fingerprint density at radius 1 is 1.03 bits per heavy atom. The fourth-order valence-electron chi connectivity index (χ4n) is 2.90. The normalized spacial score (nSPS) is 14.6. The lowest BCUT2D eigenvalue weighted by Crippen LogP contribution is -2.50. The van der Waals surface area contributed by atoms with E-state index in [1.807, 2.05) is 11.0 Å². The van der Waals surface area contributed by atoms with Gasteiger partial charge in [0.05, 0.1) is 0 Å². The third kappa shape index (κ3) is 5.90. The van der Waals surface area contributed by atoms with E-state index < -0.39 is 18.0 Å². The van der Waals surface area contributed by atoms with Crippen LogP contribution in [0.2, 0.25) is 0 Å². The number of para-hydroxylation sites is 1. The van der Waals surface area contributed by atoms with Crippen LogP contribution in [0.5, 0.6) is 0 Å². The van der Waals surface area contributed by atoms with E-state index in [1.165, 1.54) is 6.92 Å². The summed E-state index contributed by atoms with van der Waals surface area (Å²) in [6.45, 7) is 3.30. The molecule has 1 aliphatic rings. The highest BCUT2D eigenvalue weighted by molar-refractivity contribution is 5.92. The van der Waals surface area contributed by atoms with Crippen molar-refractivity contribution in [2.45, 2.75) is 13.0 Å². The van der Waals surface area contributed by atoms with Gasteiger partial charge in [-0.25, -0.2) is 19.6 Å². The molecule has 0 saturated carbocycles. The number of hydrogen-bond acceptors (Lipinski definition) is 7. The SMILES string of the molecule is C[C@H](NC(=O)Nc1ccccc1)C(=O)OCC(=O)N1CCN(c2ncccn2)CC1. The van der Waals surface area contributed by atoms with E-state index in [2.05, 4.69) is 20.6 Å². The second kappa shape index (κ2) is 10.2. The number of carbonyl (C=O) groups excluding carboxylic acids is 3. The molecular weight excluding hydrogens is 388 g/mol. The van der Waals surface area contributed by atoms with E-state index in [9.17, 15) is 14.4 Å². The zero-order chi connectivity index (χ0) is 21.3. The zero-order valence-electron chi connectivity index (χ0n) is 16.7. The van der Waals surface area contributed by atoms with Crippen LogP contribution in [-0.4, -0.2) is 71.6 Å². The van der Waals surface area contributed by atoms with Crippen molar-refractivity contribution >= 4 is 29.5 Å². The molecule has 3 rings (SSSR count). The van der Waals surface area contributed by atoms with E-state index in [1.54, 1.807) is 47.6 Å². The number of nitrogens with one attached hydrogen (secondary N) is 2. The monoisotopic (exact) mass is 412 g/mol. The molecule has 2 heterocycles. The van der Waals surface area contributed by atoms with Crippen molar-refractivity contribution in [3.05, 3.63) is 48.8 Å². The number of hydrogen-bond donors (Lipinski definition) is 2. The highest BCUT2D eigenvalue weighted by Gasteiger charge is 2.24. The van der Waals surface area contributed by atoms with Crippen LogP contribution in [0.1, 0.15) is 6.92 Å². The number of amides is 3. The van der Waals surface area contributed by atoms with Gasteiger partial charge >= 0.3 is 12.0 Å². The van der Waals surface area contributed by atoms with Gasteiger partial charge in [0.25, 0.3) is 5.91 Å². The summed E-state index contributed by atoms with van der Waals surface area (Å²) in [6.07, 6.45) is 3.35. The Kier molecular flexibility index (Phi) is 7.14. The molecule has 1 saturated heterocycles. The second-order valence-corrected chi connectivity index (χ2v) is 6.71. The van der Waals surface area contributed by atoms with E-state index in [0.29, 0.717) is 37.8 Å². The molecule has 0 spiro atoms. The van der Waals surface area contributed by atoms with Crippen LogP contribution in [0.4, 0.5) is 16.4 Å². The number of rotatable bonds is 6. The molecular formula is C20H24N6O4. The van der Waals surface area contributed by atoms with Gasteiger partial charge in [0.1, 0.15) is 6.04 Å². The predicted molar refractivity (Wildman–Crippen MR) is 110 cm³/mol. The molecule has 0 unspecified atom stereocenters. The number of benzene rings is 1. The number of anilines is 2. The Balaban J connectivity index is 1.38. The minimum absolute atomic E-state index is 0.280. The van der Waals surface area contributed by atoms with Gasteiger partial charge in [-0.2, -0.15) is 0 Å². The molecule has 158 valence electrons. The van der Waals surface area contributed by atoms with Gasteiger partial charge < -0.3 is 25.2 Å². The summed E-state index contributed by atoms with van der Waals surface area (Å²) >= 11 is 0. The summed E-state index contributed by atoms with van der Waals surface area (Å²) in [5.74, 6) is -0.328. The first-order chi connectivity index (χ1) is 14.5. The maximum Gasteiger partial charge on any atom is 0.328 e. The molecule has 10 nitrogen and oxygen atoms in total. The van der Waals surface area contributed by atoms with Gasteiger partial charge in [-0.05, 0) is 25.1 Å². The highest BCUT2D eigenvalue weighted by atomic mass is 16.5. The summed E-state index contributed by atoms with van der Waals surface area (Å²) in [5, 5.41) is 5.10. The number of nitrogens with zero attached hydrogens (tertiary/aromatic N) is 4. The fourth-order valence-corrected chi connectivity index (χ4v) is 2.90. The van der Waals surface area contributed by atoms with Crippen LogP contribution in [0.15, 0.2) is 48.8 Å². The number of aromatic nitrogens is 2. The van der Waals surface area contributed by atoms with Gasteiger partial charge in [-0.1, -0.05) is 18.2 Å². The maximum absolute atomic E-state index is 12.3. The highest BCUT2D eigenvalue weighted by Crippen LogP contribution is 2.10. The van der Waals surface area contributed by atoms with Gasteiger partial charge in [-0.3, -0.25) is 4.79 Å². The topological polar surface area (TPSA) is 117 Å². The molecule has 0 radical (unpaired) electrons. The van der Waals surface area contributed by atoms with Gasteiger partial charge in [0.15, 0.2) is 6.61 Å². The largest absolute Gasteiger partial charge is 0.454 e. The molecule has 1 atom stereocenters. The molecule has 2 aromatic rings. The van der Waals surface area contributed by atoms with Crippen LogP contribution in [0.3, 0.4) is 0 Å². The lowest BCUT2D eigenvalue weighted by molar-refractivity contribution is -0.153. The lowest BCUT2D eigenvalue weighted by atomic mass is 10.3. The third-order valence-corrected chi connectivity index (χ3v) is 4.54. The van der Waals surface area contributed by atoms with Crippen LogP contribution in [0, 0.1) is 0 Å². The number of ether oxygens (including phenoxy) is 1. The lowest BCUT2D eigenvalue weighted by Gasteiger charge is -2.34. The van der Waals surface area contributed by atoms with E-state index in [-0.39, 0.29) is 12.5 Å². The first-order valence-electron chi connectivity index (χ1n) is 9.62. The Bertz CT molecular complexity index is 856. The van der Waals surface area contributed by atoms with Crippen molar-refractivity contribution in [2.75, 3.05) is 43.0 Å². The van der Waals surface area contributed by atoms with E-state index in [0.717, 1.165) is 0 Å². The summed E-state index contributed by atoms with van der Waals surface area (Å²) in [7, 11) is 0. The summed E-state index contributed by atoms with van der Waals surface area (Å²) in [6, 6.07) is 9.17. The van der Waals surface area contributed by atoms with Gasteiger partial charge in [-0.15, -0.1) is 0 Å². The Morgan fingerprint density at radius 2 is 1.70 bits per heavy atom. The molecule has 3 amide bonds. The van der Waals surface area contributed by atoms with Crippen molar-refractivity contribution in [3.8, 4) is 0 Å². The Hall–Kier alpha value is -3.69. The van der Waals surface area contributed by atoms with Crippen molar-refractivity contribution < 1.29 is 19.1 Å². The summed E-state index contributed by atoms with van der Waals surface area (Å²) in [5.41, 5.74) is 0.603. The second-order valence-electron chi connectivity index (χ2n) is 6.71. The van der Waals surface area contributed by atoms with Gasteiger partial charge in [0, 0.05) is 44.3 Å². The first kappa shape index (κ1) is 21.0. The molecule has 1 fully saturated rings. The number of piperazine rings is 1. The minimum atomic E-state index is -0.895. The standard InChI is InChI=1S/C20H24N6O4/c1-15(23-20(29)24-16-6-3-2-4-7-16)18(28)30-14-17(27)25-10-12-26(13-11-25)19-21-8-5-9-22-19/h2-9,15H,10-14H2,1H3,(H2,23,24,29)/t15-/m0/s1. The molecule has 1 aromatic heterocycles. The van der Waals surface area contributed by atoms with E-state index >= 15 is 0 Å². The first-order valence-corrected chi connectivity index (χ1v) is 9.62. The quantitative estimate of drug-likeness (QED) is 0.677. The van der Waals surface area contributed by atoms with Gasteiger partial charge in [0.2, 0.25) is 5.95 Å². The smallest absolute Gasteiger partial charge is 0.328 e. The summed E-state index contributed by atoms with van der Waals surface area (Å²) < 4.78 is 5.07. The fraction of sp³-hybridized carbons (Fsp3) is 0.350. The zero-order valence-corrected chi connectivity index (χ0v) is 16.7. The third-order valence-electron chi connectivity index (χ3n) is 4.54. The number of urea groups is 1. The maximum atomic E-state index is 12.3. The Labute approximate surface area is 174 Å². The number of esters is 1. The molecule has 1 aromatic carbocycles. The average molecular weight is 412 g/mol. The van der Waals surface area contributed by atoms with Crippen LogP contribution in [0.25, 0.3) is 0 Å². The predicted octanol–water partition coefficient (Wildman–Crippen LogP) is 0.879. The molecule has 0 aliphatic carbocycles. The van der Waals surface area contributed by atoms with Crippen LogP contribution in [-0.2, 0) is 14.3 Å². The minimum Gasteiger partial charge on any atom is -0.454 e. The number of carbonyl (C=O) groups is 3. The van der Waals surface area contributed by atoms with E-state index in [4.69, 9.17) is 4.74 Å². The molecule has 0 bridgehead atoms.